The summed E-state index contributed by atoms with van der Waals surface area (Å²) >= 11 is 1.60. The highest BCUT2D eigenvalue weighted by molar-refractivity contribution is 7.09. The Labute approximate surface area is 188 Å². The zero-order valence-corrected chi connectivity index (χ0v) is 19.5. The number of thiazole rings is 1. The van der Waals surface area contributed by atoms with Gasteiger partial charge < -0.3 is 14.5 Å². The Morgan fingerprint density at radius 1 is 1.10 bits per heavy atom. The number of aryl methyl sites for hydroxylation is 1. The summed E-state index contributed by atoms with van der Waals surface area (Å²) in [7, 11) is 0. The van der Waals surface area contributed by atoms with E-state index in [2.05, 4.69) is 9.88 Å². The van der Waals surface area contributed by atoms with E-state index < -0.39 is 0 Å². The van der Waals surface area contributed by atoms with Gasteiger partial charge in [-0.3, -0.25) is 14.5 Å². The Balaban J connectivity index is 1.51. The smallest absolute Gasteiger partial charge is 0.253 e. The van der Waals surface area contributed by atoms with E-state index in [-0.39, 0.29) is 11.8 Å². The number of rotatable bonds is 8. The molecule has 0 N–H and O–H groups in total. The average Bonchev–Trinajstić information content (AvgIpc) is 3.05. The lowest BCUT2D eigenvalue weighted by Gasteiger charge is -2.25. The SMILES string of the molecule is CCN(CC)C(=O)CN1CCCN(C(=O)c2ccc(OCc3csc(C)n3)cc2)CC1. The minimum atomic E-state index is 0.0265. The van der Waals surface area contributed by atoms with Crippen molar-refractivity contribution in [3.8, 4) is 5.75 Å². The van der Waals surface area contributed by atoms with Gasteiger partial charge in [0.2, 0.25) is 5.91 Å². The van der Waals surface area contributed by atoms with Crippen LogP contribution in [0.5, 0.6) is 5.75 Å². The Bertz CT molecular complexity index is 864. The van der Waals surface area contributed by atoms with Crippen LogP contribution in [-0.2, 0) is 11.4 Å². The summed E-state index contributed by atoms with van der Waals surface area (Å²) in [5, 5.41) is 3.01. The van der Waals surface area contributed by atoms with E-state index >= 15 is 0 Å². The summed E-state index contributed by atoms with van der Waals surface area (Å²) in [5.74, 6) is 0.908. The maximum Gasteiger partial charge on any atom is 0.253 e. The zero-order valence-electron chi connectivity index (χ0n) is 18.7. The van der Waals surface area contributed by atoms with E-state index in [1.165, 1.54) is 0 Å². The minimum absolute atomic E-state index is 0.0265. The van der Waals surface area contributed by atoms with E-state index in [0.29, 0.717) is 38.3 Å². The lowest BCUT2D eigenvalue weighted by atomic mass is 10.2. The fraction of sp³-hybridized carbons (Fsp3) is 0.522. The Morgan fingerprint density at radius 2 is 1.84 bits per heavy atom. The van der Waals surface area contributed by atoms with E-state index in [4.69, 9.17) is 4.74 Å². The normalized spacial score (nSPS) is 14.9. The number of benzene rings is 1. The first-order valence-corrected chi connectivity index (χ1v) is 11.8. The van der Waals surface area contributed by atoms with Gasteiger partial charge in [0.05, 0.1) is 17.2 Å². The summed E-state index contributed by atoms with van der Waals surface area (Å²) in [5.41, 5.74) is 1.57. The molecule has 0 spiro atoms. The average molecular weight is 445 g/mol. The summed E-state index contributed by atoms with van der Waals surface area (Å²) < 4.78 is 5.77. The first-order chi connectivity index (χ1) is 15.0. The topological polar surface area (TPSA) is 66.0 Å². The van der Waals surface area contributed by atoms with Crippen LogP contribution in [0.2, 0.25) is 0 Å². The van der Waals surface area contributed by atoms with Gasteiger partial charge in [-0.15, -0.1) is 11.3 Å². The molecule has 2 heterocycles. The molecule has 2 aromatic rings. The first kappa shape index (κ1) is 23.2. The van der Waals surface area contributed by atoms with Crippen molar-refractivity contribution in [2.45, 2.75) is 33.8 Å². The molecular formula is C23H32N4O3S. The second kappa shape index (κ2) is 11.2. The number of likely N-dealkylation sites (N-methyl/N-ethyl adjacent to an activating group) is 1. The van der Waals surface area contributed by atoms with Crippen molar-refractivity contribution < 1.29 is 14.3 Å². The fourth-order valence-corrected chi connectivity index (χ4v) is 4.31. The molecule has 1 saturated heterocycles. The van der Waals surface area contributed by atoms with Gasteiger partial charge in [-0.05, 0) is 51.5 Å². The number of ether oxygens (including phenoxy) is 1. The Morgan fingerprint density at radius 3 is 2.48 bits per heavy atom. The molecule has 1 aliphatic rings. The number of aromatic nitrogens is 1. The molecule has 31 heavy (non-hydrogen) atoms. The quantitative estimate of drug-likeness (QED) is 0.626. The number of carbonyl (C=O) groups is 2. The molecule has 8 heteroatoms. The van der Waals surface area contributed by atoms with Crippen LogP contribution in [0.15, 0.2) is 29.6 Å². The van der Waals surface area contributed by atoms with Crippen LogP contribution in [0.3, 0.4) is 0 Å². The predicted octanol–water partition coefficient (Wildman–Crippen LogP) is 3.05. The summed E-state index contributed by atoms with van der Waals surface area (Å²) in [6.07, 6.45) is 0.867. The Hall–Kier alpha value is -2.45. The van der Waals surface area contributed by atoms with E-state index in [1.807, 2.05) is 60.2 Å². The van der Waals surface area contributed by atoms with Gasteiger partial charge in [0.15, 0.2) is 0 Å². The number of hydrogen-bond acceptors (Lipinski definition) is 6. The molecule has 1 fully saturated rings. The van der Waals surface area contributed by atoms with Gasteiger partial charge in [-0.1, -0.05) is 0 Å². The minimum Gasteiger partial charge on any atom is -0.487 e. The molecule has 0 aliphatic carbocycles. The van der Waals surface area contributed by atoms with Crippen LogP contribution >= 0.6 is 11.3 Å². The number of hydrogen-bond donors (Lipinski definition) is 0. The van der Waals surface area contributed by atoms with Gasteiger partial charge in [-0.25, -0.2) is 4.98 Å². The third-order valence-electron chi connectivity index (χ3n) is 5.51. The van der Waals surface area contributed by atoms with E-state index in [0.717, 1.165) is 42.5 Å². The van der Waals surface area contributed by atoms with Gasteiger partial charge in [-0.2, -0.15) is 0 Å². The van der Waals surface area contributed by atoms with Gasteiger partial charge in [0.25, 0.3) is 5.91 Å². The standard InChI is InChI=1S/C23H32N4O3S/c1-4-26(5-2)22(28)15-25-11-6-12-27(14-13-25)23(29)19-7-9-21(10-8-19)30-16-20-17-31-18(3)24-20/h7-10,17H,4-6,11-16H2,1-3H3. The van der Waals surface area contributed by atoms with Crippen molar-refractivity contribution in [1.82, 2.24) is 19.7 Å². The number of nitrogens with zero attached hydrogens (tertiary/aromatic N) is 4. The second-order valence-electron chi connectivity index (χ2n) is 7.66. The lowest BCUT2D eigenvalue weighted by molar-refractivity contribution is -0.132. The monoisotopic (exact) mass is 444 g/mol. The molecule has 7 nitrogen and oxygen atoms in total. The molecule has 168 valence electrons. The van der Waals surface area contributed by atoms with Crippen molar-refractivity contribution in [1.29, 1.82) is 0 Å². The molecular weight excluding hydrogens is 412 g/mol. The largest absolute Gasteiger partial charge is 0.487 e. The predicted molar refractivity (Wildman–Crippen MR) is 123 cm³/mol. The second-order valence-corrected chi connectivity index (χ2v) is 8.72. The molecule has 0 atom stereocenters. The first-order valence-electron chi connectivity index (χ1n) is 10.9. The summed E-state index contributed by atoms with van der Waals surface area (Å²) in [6, 6.07) is 7.30. The van der Waals surface area contributed by atoms with Crippen LogP contribution < -0.4 is 4.74 Å². The highest BCUT2D eigenvalue weighted by atomic mass is 32.1. The molecule has 1 aromatic carbocycles. The lowest BCUT2D eigenvalue weighted by Crippen LogP contribution is -2.42. The molecule has 0 radical (unpaired) electrons. The molecule has 2 amide bonds. The fourth-order valence-electron chi connectivity index (χ4n) is 3.71. The number of carbonyl (C=O) groups excluding carboxylic acids is 2. The van der Waals surface area contributed by atoms with Crippen molar-refractivity contribution in [2.24, 2.45) is 0 Å². The van der Waals surface area contributed by atoms with E-state index in [9.17, 15) is 9.59 Å². The molecule has 1 aromatic heterocycles. The molecule has 0 bridgehead atoms. The molecule has 0 saturated carbocycles. The molecule has 3 rings (SSSR count). The Kier molecular flexibility index (Phi) is 8.43. The van der Waals surface area contributed by atoms with Crippen LogP contribution in [-0.4, -0.2) is 77.3 Å². The van der Waals surface area contributed by atoms with Crippen molar-refractivity contribution in [2.75, 3.05) is 45.8 Å². The highest BCUT2D eigenvalue weighted by Crippen LogP contribution is 2.17. The third kappa shape index (κ3) is 6.51. The summed E-state index contributed by atoms with van der Waals surface area (Å²) in [6.45, 7) is 11.2. The third-order valence-corrected chi connectivity index (χ3v) is 6.33. The molecule has 0 unspecified atom stereocenters. The highest BCUT2D eigenvalue weighted by Gasteiger charge is 2.22. The maximum atomic E-state index is 13.0. The molecule has 1 aliphatic heterocycles. The van der Waals surface area contributed by atoms with Crippen molar-refractivity contribution >= 4 is 23.2 Å². The van der Waals surface area contributed by atoms with Gasteiger partial charge in [0.1, 0.15) is 12.4 Å². The van der Waals surface area contributed by atoms with Crippen LogP contribution in [0.4, 0.5) is 0 Å². The van der Waals surface area contributed by atoms with E-state index in [1.54, 1.807) is 11.3 Å². The summed E-state index contributed by atoms with van der Waals surface area (Å²) in [4.78, 5) is 35.6. The van der Waals surface area contributed by atoms with Crippen LogP contribution in [0.25, 0.3) is 0 Å². The zero-order chi connectivity index (χ0) is 22.2. The van der Waals surface area contributed by atoms with Crippen molar-refractivity contribution in [3.63, 3.8) is 0 Å². The van der Waals surface area contributed by atoms with Crippen LogP contribution in [0, 0.1) is 6.92 Å². The maximum absolute atomic E-state index is 13.0. The number of amides is 2. The van der Waals surface area contributed by atoms with Crippen molar-refractivity contribution in [3.05, 3.63) is 45.9 Å². The van der Waals surface area contributed by atoms with Gasteiger partial charge >= 0.3 is 0 Å². The van der Waals surface area contributed by atoms with Gasteiger partial charge in [0, 0.05) is 50.2 Å². The van der Waals surface area contributed by atoms with Crippen LogP contribution in [0.1, 0.15) is 41.3 Å².